The predicted octanol–water partition coefficient (Wildman–Crippen LogP) is 6.10. The number of carbonyl (C=O) groups is 1. The second-order valence-corrected chi connectivity index (χ2v) is 9.82. The average Bonchev–Trinajstić information content (AvgIpc) is 2.91. The summed E-state index contributed by atoms with van der Waals surface area (Å²) in [5.74, 6) is 0.753. The number of amides is 1. The molecule has 1 amide bonds. The van der Waals surface area contributed by atoms with Crippen molar-refractivity contribution in [3.8, 4) is 5.75 Å². The number of benzene rings is 3. The first kappa shape index (κ1) is 26.5. The fraction of sp³-hybridized carbons (Fsp3) is 0.345. The van der Waals surface area contributed by atoms with Crippen LogP contribution >= 0.6 is 23.2 Å². The van der Waals surface area contributed by atoms with Gasteiger partial charge in [-0.15, -0.1) is 0 Å². The van der Waals surface area contributed by atoms with Crippen molar-refractivity contribution in [3.63, 3.8) is 0 Å². The van der Waals surface area contributed by atoms with Crippen molar-refractivity contribution in [2.45, 2.75) is 25.6 Å². The monoisotopic (exact) mass is 526 g/mol. The van der Waals surface area contributed by atoms with E-state index in [1.807, 2.05) is 90.7 Å². The fourth-order valence-electron chi connectivity index (χ4n) is 4.35. The van der Waals surface area contributed by atoms with Crippen LogP contribution in [0.25, 0.3) is 0 Å². The molecule has 4 rings (SSSR count). The second-order valence-electron chi connectivity index (χ2n) is 8.95. The van der Waals surface area contributed by atoms with Gasteiger partial charge in [0.15, 0.2) is 6.10 Å². The number of halogens is 2. The number of rotatable bonds is 10. The summed E-state index contributed by atoms with van der Waals surface area (Å²) in [6, 6.07) is 25.0. The number of nitrogens with zero attached hydrogens (tertiary/aromatic N) is 2. The number of piperazine rings is 1. The van der Waals surface area contributed by atoms with Gasteiger partial charge in [-0.3, -0.25) is 9.69 Å². The molecule has 1 atom stereocenters. The summed E-state index contributed by atoms with van der Waals surface area (Å²) >= 11 is 12.2. The minimum Gasteiger partial charge on any atom is -0.481 e. The Labute approximate surface area is 223 Å². The minimum atomic E-state index is -0.495. The van der Waals surface area contributed by atoms with E-state index in [4.69, 9.17) is 32.7 Å². The summed E-state index contributed by atoms with van der Waals surface area (Å²) < 4.78 is 12.1. The standard InChI is InChI=1S/C29H32Cl2N2O3/c1-22(36-27-6-3-2-4-7-27)29(34)33-19-17-32(18-20-33)16-5-21-35-28(23-8-12-25(30)13-9-23)24-10-14-26(31)15-11-24/h2-4,6-15,22,28H,5,16-21H2,1H3/t22-/m0/s1. The van der Waals surface area contributed by atoms with Gasteiger partial charge in [0.05, 0.1) is 0 Å². The van der Waals surface area contributed by atoms with Crippen LogP contribution in [0.1, 0.15) is 30.6 Å². The lowest BCUT2D eigenvalue weighted by Gasteiger charge is -2.36. The van der Waals surface area contributed by atoms with Crippen LogP contribution in [-0.2, 0) is 9.53 Å². The van der Waals surface area contributed by atoms with Crippen molar-refractivity contribution in [2.75, 3.05) is 39.3 Å². The highest BCUT2D eigenvalue weighted by atomic mass is 35.5. The molecule has 0 spiro atoms. The Morgan fingerprint density at radius 1 is 0.833 bits per heavy atom. The molecule has 0 bridgehead atoms. The van der Waals surface area contributed by atoms with Gasteiger partial charge in [-0.05, 0) is 60.9 Å². The van der Waals surface area contributed by atoms with E-state index in [1.54, 1.807) is 0 Å². The molecule has 1 heterocycles. The Balaban J connectivity index is 1.22. The maximum Gasteiger partial charge on any atom is 0.263 e. The molecular formula is C29H32Cl2N2O3. The zero-order valence-corrected chi connectivity index (χ0v) is 22.0. The second kappa shape index (κ2) is 13.1. The smallest absolute Gasteiger partial charge is 0.263 e. The van der Waals surface area contributed by atoms with Crippen molar-refractivity contribution < 1.29 is 14.3 Å². The van der Waals surface area contributed by atoms with Gasteiger partial charge in [-0.1, -0.05) is 65.7 Å². The molecule has 0 aliphatic carbocycles. The molecule has 1 aliphatic heterocycles. The first-order valence-electron chi connectivity index (χ1n) is 12.3. The SMILES string of the molecule is C[C@H](Oc1ccccc1)C(=O)N1CCN(CCCOC(c2ccc(Cl)cc2)c2ccc(Cl)cc2)CC1. The van der Waals surface area contributed by atoms with Crippen LogP contribution in [0, 0.1) is 0 Å². The van der Waals surface area contributed by atoms with Crippen molar-refractivity contribution in [3.05, 3.63) is 100 Å². The van der Waals surface area contributed by atoms with Crippen molar-refractivity contribution in [1.29, 1.82) is 0 Å². The third-order valence-corrected chi connectivity index (χ3v) is 6.84. The van der Waals surface area contributed by atoms with Gasteiger partial charge in [-0.2, -0.15) is 0 Å². The van der Waals surface area contributed by atoms with E-state index < -0.39 is 6.10 Å². The first-order valence-corrected chi connectivity index (χ1v) is 13.1. The number of hydrogen-bond donors (Lipinski definition) is 0. The first-order chi connectivity index (χ1) is 17.5. The third kappa shape index (κ3) is 7.47. The number of ether oxygens (including phenoxy) is 2. The van der Waals surface area contributed by atoms with E-state index in [0.29, 0.717) is 35.5 Å². The van der Waals surface area contributed by atoms with Gasteiger partial charge < -0.3 is 14.4 Å². The van der Waals surface area contributed by atoms with Crippen LogP contribution in [0.3, 0.4) is 0 Å². The Kier molecular flexibility index (Phi) is 9.65. The number of hydrogen-bond acceptors (Lipinski definition) is 4. The molecule has 0 unspecified atom stereocenters. The highest BCUT2D eigenvalue weighted by molar-refractivity contribution is 6.30. The zero-order valence-electron chi connectivity index (χ0n) is 20.5. The molecule has 0 radical (unpaired) electrons. The largest absolute Gasteiger partial charge is 0.481 e. The molecule has 1 saturated heterocycles. The van der Waals surface area contributed by atoms with Crippen molar-refractivity contribution >= 4 is 29.1 Å². The zero-order chi connectivity index (χ0) is 25.3. The van der Waals surface area contributed by atoms with Crippen LogP contribution in [0.5, 0.6) is 5.75 Å². The molecule has 0 N–H and O–H groups in total. The van der Waals surface area contributed by atoms with E-state index >= 15 is 0 Å². The van der Waals surface area contributed by atoms with Crippen LogP contribution < -0.4 is 4.74 Å². The van der Waals surface area contributed by atoms with Gasteiger partial charge in [-0.25, -0.2) is 0 Å². The maximum absolute atomic E-state index is 12.8. The molecule has 3 aromatic carbocycles. The summed E-state index contributed by atoms with van der Waals surface area (Å²) in [4.78, 5) is 17.1. The van der Waals surface area contributed by atoms with Crippen LogP contribution in [-0.4, -0.2) is 61.1 Å². The van der Waals surface area contributed by atoms with Gasteiger partial charge in [0, 0.05) is 49.4 Å². The fourth-order valence-corrected chi connectivity index (χ4v) is 4.60. The van der Waals surface area contributed by atoms with Gasteiger partial charge in [0.25, 0.3) is 5.91 Å². The minimum absolute atomic E-state index is 0.0376. The summed E-state index contributed by atoms with van der Waals surface area (Å²) in [5, 5.41) is 1.40. The maximum atomic E-state index is 12.8. The molecule has 36 heavy (non-hydrogen) atoms. The molecule has 7 heteroatoms. The van der Waals surface area contributed by atoms with Crippen molar-refractivity contribution in [2.24, 2.45) is 0 Å². The molecule has 1 fully saturated rings. The topological polar surface area (TPSA) is 42.0 Å². The molecule has 0 saturated carbocycles. The summed E-state index contributed by atoms with van der Waals surface area (Å²) in [6.45, 7) is 6.48. The van der Waals surface area contributed by atoms with Crippen LogP contribution in [0.4, 0.5) is 0 Å². The normalized spacial score (nSPS) is 15.2. The van der Waals surface area contributed by atoms with Crippen LogP contribution in [0.2, 0.25) is 10.0 Å². The lowest BCUT2D eigenvalue weighted by atomic mass is 10.0. The molecule has 3 aromatic rings. The molecule has 5 nitrogen and oxygen atoms in total. The summed E-state index contributed by atoms with van der Waals surface area (Å²) in [5.41, 5.74) is 2.11. The van der Waals surface area contributed by atoms with E-state index in [1.165, 1.54) is 0 Å². The lowest BCUT2D eigenvalue weighted by molar-refractivity contribution is -0.139. The lowest BCUT2D eigenvalue weighted by Crippen LogP contribution is -2.52. The van der Waals surface area contributed by atoms with Gasteiger partial charge in [0.1, 0.15) is 11.9 Å². The van der Waals surface area contributed by atoms with E-state index in [2.05, 4.69) is 4.90 Å². The molecule has 190 valence electrons. The van der Waals surface area contributed by atoms with E-state index in [-0.39, 0.29) is 12.0 Å². The Morgan fingerprint density at radius 2 is 1.39 bits per heavy atom. The van der Waals surface area contributed by atoms with E-state index in [9.17, 15) is 4.79 Å². The quantitative estimate of drug-likeness (QED) is 0.299. The number of carbonyl (C=O) groups excluding carboxylic acids is 1. The average molecular weight is 527 g/mol. The summed E-state index contributed by atoms with van der Waals surface area (Å²) in [7, 11) is 0. The van der Waals surface area contributed by atoms with Crippen molar-refractivity contribution in [1.82, 2.24) is 9.80 Å². The van der Waals surface area contributed by atoms with Gasteiger partial charge in [0.2, 0.25) is 0 Å². The highest BCUT2D eigenvalue weighted by Crippen LogP contribution is 2.28. The summed E-state index contributed by atoms with van der Waals surface area (Å²) in [6.07, 6.45) is 0.226. The van der Waals surface area contributed by atoms with E-state index in [0.717, 1.165) is 37.2 Å². The molecule has 0 aromatic heterocycles. The Bertz CT molecular complexity index is 1040. The number of para-hydroxylation sites is 1. The molecule has 1 aliphatic rings. The Morgan fingerprint density at radius 3 is 1.94 bits per heavy atom. The predicted molar refractivity (Wildman–Crippen MR) is 145 cm³/mol. The highest BCUT2D eigenvalue weighted by Gasteiger charge is 2.26. The van der Waals surface area contributed by atoms with Gasteiger partial charge >= 0.3 is 0 Å². The Hall–Kier alpha value is -2.57. The van der Waals surface area contributed by atoms with Crippen LogP contribution in [0.15, 0.2) is 78.9 Å². The molecular weight excluding hydrogens is 495 g/mol. The third-order valence-electron chi connectivity index (χ3n) is 6.34.